The van der Waals surface area contributed by atoms with Crippen LogP contribution in [0.5, 0.6) is 11.5 Å². The van der Waals surface area contributed by atoms with Gasteiger partial charge in [0, 0.05) is 10.8 Å². The molecule has 0 aromatic heterocycles. The lowest BCUT2D eigenvalue weighted by molar-refractivity contribution is 0.502. The third-order valence-electron chi connectivity index (χ3n) is 2.22. The molecule has 0 bridgehead atoms. The van der Waals surface area contributed by atoms with E-state index in [9.17, 15) is 16.8 Å². The first kappa shape index (κ1) is 15.2. The van der Waals surface area contributed by atoms with Gasteiger partial charge in [-0.1, -0.05) is 24.3 Å². The lowest BCUT2D eigenvalue weighted by atomic mass is 10.1. The molecule has 0 N–H and O–H groups in total. The van der Waals surface area contributed by atoms with E-state index in [-0.39, 0.29) is 11.5 Å². The molecule has 0 saturated heterocycles. The zero-order valence-corrected chi connectivity index (χ0v) is 12.6. The van der Waals surface area contributed by atoms with Crippen molar-refractivity contribution in [3.8, 4) is 11.5 Å². The lowest BCUT2D eigenvalue weighted by Gasteiger charge is -2.09. The second-order valence-corrected chi connectivity index (χ2v) is 7.73. The molecule has 0 aliphatic heterocycles. The molecule has 0 atom stereocenters. The van der Waals surface area contributed by atoms with Gasteiger partial charge in [-0.2, -0.15) is 16.8 Å². The topological polar surface area (TPSA) is 86.7 Å². The quantitative estimate of drug-likeness (QED) is 0.782. The summed E-state index contributed by atoms with van der Waals surface area (Å²) in [4.78, 5) is 0. The van der Waals surface area contributed by atoms with Gasteiger partial charge in [-0.3, -0.25) is 0 Å². The van der Waals surface area contributed by atoms with E-state index in [1.807, 2.05) is 0 Å². The fourth-order valence-electron chi connectivity index (χ4n) is 1.61. The molecule has 108 valence electrons. The van der Waals surface area contributed by atoms with Gasteiger partial charge in [0.25, 0.3) is 0 Å². The summed E-state index contributed by atoms with van der Waals surface area (Å²) in [6.45, 7) is 0. The summed E-state index contributed by atoms with van der Waals surface area (Å²) in [5.74, 6) is -0.121. The monoisotopic (exact) mass is 356 g/mol. The first-order chi connectivity index (χ1) is 9.16. The van der Waals surface area contributed by atoms with E-state index >= 15 is 0 Å². The zero-order chi connectivity index (χ0) is 15.0. The van der Waals surface area contributed by atoms with E-state index in [1.165, 1.54) is 36.4 Å². The number of benzene rings is 2. The molecule has 0 aliphatic rings. The van der Waals surface area contributed by atoms with Gasteiger partial charge in [0.2, 0.25) is 0 Å². The maximum absolute atomic E-state index is 11.0. The summed E-state index contributed by atoms with van der Waals surface area (Å²) in [5.41, 5.74) is 0. The highest BCUT2D eigenvalue weighted by molar-refractivity contribution is 8.10. The molecule has 0 spiro atoms. The van der Waals surface area contributed by atoms with Crippen LogP contribution >= 0.6 is 21.4 Å². The van der Waals surface area contributed by atoms with Gasteiger partial charge in [0.1, 0.15) is 0 Å². The molecule has 2 aromatic rings. The molecule has 0 unspecified atom stereocenters. The summed E-state index contributed by atoms with van der Waals surface area (Å²) in [6, 6.07) is 8.66. The second kappa shape index (κ2) is 5.28. The fraction of sp³-hybridized carbons (Fsp3) is 0. The second-order valence-electron chi connectivity index (χ2n) is 3.56. The van der Waals surface area contributed by atoms with E-state index in [4.69, 9.17) is 21.4 Å². The van der Waals surface area contributed by atoms with Crippen molar-refractivity contribution in [1.82, 2.24) is 0 Å². The van der Waals surface area contributed by atoms with Crippen LogP contribution in [0.25, 0.3) is 10.8 Å². The Labute approximate surface area is 124 Å². The SMILES string of the molecule is O=S(=O)(Cl)Oc1cccc2c(OS(=O)(=O)Cl)cccc12. The maximum Gasteiger partial charge on any atom is 0.401 e. The van der Waals surface area contributed by atoms with Crippen LogP contribution in [0, 0.1) is 0 Å². The first-order valence-electron chi connectivity index (χ1n) is 4.95. The minimum absolute atomic E-state index is 0.0603. The van der Waals surface area contributed by atoms with Crippen LogP contribution in [-0.2, 0) is 18.7 Å². The molecule has 6 nitrogen and oxygen atoms in total. The van der Waals surface area contributed by atoms with Crippen molar-refractivity contribution in [2.75, 3.05) is 0 Å². The standard InChI is InChI=1S/C10H6Cl2O6S2/c11-19(13,14)17-9-5-1-3-7-8(9)4-2-6-10(7)18-20(12,15)16/h1-6H. The molecule has 0 radical (unpaired) electrons. The van der Waals surface area contributed by atoms with Crippen molar-refractivity contribution >= 4 is 50.8 Å². The Kier molecular flexibility index (Phi) is 4.01. The van der Waals surface area contributed by atoms with Crippen LogP contribution in [-0.4, -0.2) is 16.8 Å². The minimum Gasteiger partial charge on any atom is -0.370 e. The Bertz CT molecular complexity index is 787. The van der Waals surface area contributed by atoms with Gasteiger partial charge < -0.3 is 8.37 Å². The first-order valence-corrected chi connectivity index (χ1v) is 9.42. The van der Waals surface area contributed by atoms with Crippen molar-refractivity contribution in [2.24, 2.45) is 0 Å². The predicted molar refractivity (Wildman–Crippen MR) is 74.7 cm³/mol. The highest BCUT2D eigenvalue weighted by Crippen LogP contribution is 2.34. The van der Waals surface area contributed by atoms with Crippen molar-refractivity contribution < 1.29 is 25.2 Å². The van der Waals surface area contributed by atoms with Crippen LogP contribution in [0.3, 0.4) is 0 Å². The van der Waals surface area contributed by atoms with Gasteiger partial charge in [-0.25, -0.2) is 0 Å². The number of hydrogen-bond donors (Lipinski definition) is 0. The Morgan fingerprint density at radius 3 is 1.35 bits per heavy atom. The predicted octanol–water partition coefficient (Wildman–Crippen LogP) is 2.56. The summed E-state index contributed by atoms with van der Waals surface area (Å²) < 4.78 is 53.0. The Hall–Kier alpha value is -1.22. The van der Waals surface area contributed by atoms with Gasteiger partial charge >= 0.3 is 18.7 Å². The smallest absolute Gasteiger partial charge is 0.370 e. The number of fused-ring (bicyclic) bond motifs is 1. The number of rotatable bonds is 4. The molecule has 10 heteroatoms. The van der Waals surface area contributed by atoms with Gasteiger partial charge in [0.05, 0.1) is 21.4 Å². The third kappa shape index (κ3) is 3.89. The summed E-state index contributed by atoms with van der Waals surface area (Å²) >= 11 is 0. The van der Waals surface area contributed by atoms with E-state index in [1.54, 1.807) is 0 Å². The van der Waals surface area contributed by atoms with Gasteiger partial charge in [0.15, 0.2) is 11.5 Å². The van der Waals surface area contributed by atoms with E-state index in [0.717, 1.165) is 0 Å². The highest BCUT2D eigenvalue weighted by Gasteiger charge is 2.15. The highest BCUT2D eigenvalue weighted by atomic mass is 35.7. The molecule has 0 fully saturated rings. The van der Waals surface area contributed by atoms with Crippen LogP contribution in [0.15, 0.2) is 36.4 Å². The summed E-state index contributed by atoms with van der Waals surface area (Å²) in [6.07, 6.45) is 0. The molecule has 0 heterocycles. The average molecular weight is 357 g/mol. The van der Waals surface area contributed by atoms with Crippen molar-refractivity contribution in [3.05, 3.63) is 36.4 Å². The van der Waals surface area contributed by atoms with Crippen LogP contribution in [0.2, 0.25) is 0 Å². The normalized spacial score (nSPS) is 12.3. The van der Waals surface area contributed by atoms with Gasteiger partial charge in [-0.15, -0.1) is 0 Å². The van der Waals surface area contributed by atoms with E-state index in [0.29, 0.717) is 10.8 Å². The van der Waals surface area contributed by atoms with E-state index in [2.05, 4.69) is 8.37 Å². The van der Waals surface area contributed by atoms with Crippen LogP contribution < -0.4 is 8.37 Å². The molecule has 0 amide bonds. The third-order valence-corrected chi connectivity index (χ3v) is 3.36. The largest absolute Gasteiger partial charge is 0.401 e. The fourth-order valence-corrected chi connectivity index (χ4v) is 2.74. The Morgan fingerprint density at radius 2 is 1.05 bits per heavy atom. The lowest BCUT2D eigenvalue weighted by Crippen LogP contribution is -2.02. The van der Waals surface area contributed by atoms with Crippen LogP contribution in [0.1, 0.15) is 0 Å². The summed E-state index contributed by atoms with van der Waals surface area (Å²) in [5, 5.41) is 0.601. The van der Waals surface area contributed by atoms with Crippen molar-refractivity contribution in [2.45, 2.75) is 0 Å². The Morgan fingerprint density at radius 1 is 0.700 bits per heavy atom. The number of halogens is 2. The molecule has 0 aliphatic carbocycles. The minimum atomic E-state index is -4.23. The van der Waals surface area contributed by atoms with Crippen LogP contribution in [0.4, 0.5) is 0 Å². The average Bonchev–Trinajstić information content (AvgIpc) is 2.26. The van der Waals surface area contributed by atoms with Gasteiger partial charge in [-0.05, 0) is 12.1 Å². The molecule has 2 aromatic carbocycles. The Balaban J connectivity index is 2.63. The summed E-state index contributed by atoms with van der Waals surface area (Å²) in [7, 11) is 1.57. The van der Waals surface area contributed by atoms with E-state index < -0.39 is 18.7 Å². The van der Waals surface area contributed by atoms with Crippen molar-refractivity contribution in [3.63, 3.8) is 0 Å². The number of hydrogen-bond acceptors (Lipinski definition) is 6. The molecule has 0 saturated carbocycles. The molecular formula is C10H6Cl2O6S2. The maximum atomic E-state index is 11.0. The van der Waals surface area contributed by atoms with Crippen molar-refractivity contribution in [1.29, 1.82) is 0 Å². The molecule has 20 heavy (non-hydrogen) atoms. The molecule has 2 rings (SSSR count). The zero-order valence-electron chi connectivity index (χ0n) is 9.49. The molecular weight excluding hydrogens is 351 g/mol.